The molecule has 0 saturated heterocycles. The number of pyridine rings is 1. The van der Waals surface area contributed by atoms with Gasteiger partial charge < -0.3 is 11.1 Å². The Morgan fingerprint density at radius 2 is 2.12 bits per heavy atom. The van der Waals surface area contributed by atoms with Gasteiger partial charge in [-0.25, -0.2) is 4.98 Å². The predicted molar refractivity (Wildman–Crippen MR) is 67.8 cm³/mol. The lowest BCUT2D eigenvalue weighted by molar-refractivity contribution is 0.100. The van der Waals surface area contributed by atoms with Crippen LogP contribution in [-0.2, 0) is 0 Å². The van der Waals surface area contributed by atoms with Crippen molar-refractivity contribution in [1.29, 1.82) is 0 Å². The molecule has 4 heteroatoms. The zero-order chi connectivity index (χ0) is 12.3. The van der Waals surface area contributed by atoms with Crippen molar-refractivity contribution in [2.24, 2.45) is 11.7 Å². The second-order valence-electron chi connectivity index (χ2n) is 4.86. The summed E-state index contributed by atoms with van der Waals surface area (Å²) in [7, 11) is 0. The monoisotopic (exact) mass is 233 g/mol. The molecule has 0 spiro atoms. The number of anilines is 1. The van der Waals surface area contributed by atoms with E-state index in [9.17, 15) is 4.79 Å². The zero-order valence-electron chi connectivity index (χ0n) is 10.1. The predicted octanol–water partition coefficient (Wildman–Crippen LogP) is 2.17. The molecular formula is C13H19N3O. The van der Waals surface area contributed by atoms with E-state index in [1.54, 1.807) is 18.3 Å². The highest BCUT2D eigenvalue weighted by Gasteiger charge is 2.19. The Hall–Kier alpha value is -1.58. The minimum atomic E-state index is -0.426. The molecule has 92 valence electrons. The van der Waals surface area contributed by atoms with Crippen LogP contribution in [0, 0.1) is 5.92 Å². The normalized spacial score (nSPS) is 24.3. The number of rotatable bonds is 3. The van der Waals surface area contributed by atoms with Crippen LogP contribution in [0.3, 0.4) is 0 Å². The highest BCUT2D eigenvalue weighted by atomic mass is 16.1. The Morgan fingerprint density at radius 3 is 2.76 bits per heavy atom. The second kappa shape index (κ2) is 5.17. The van der Waals surface area contributed by atoms with Crippen LogP contribution in [0.1, 0.15) is 43.0 Å². The van der Waals surface area contributed by atoms with E-state index in [-0.39, 0.29) is 0 Å². The lowest BCUT2D eigenvalue weighted by Crippen LogP contribution is -2.27. The van der Waals surface area contributed by atoms with Gasteiger partial charge in [-0.05, 0) is 43.7 Å². The van der Waals surface area contributed by atoms with E-state index < -0.39 is 5.91 Å². The molecule has 0 aromatic carbocycles. The van der Waals surface area contributed by atoms with Gasteiger partial charge in [-0.2, -0.15) is 0 Å². The molecule has 0 aliphatic heterocycles. The molecule has 1 aliphatic rings. The van der Waals surface area contributed by atoms with Crippen LogP contribution in [0.5, 0.6) is 0 Å². The average molecular weight is 233 g/mol. The molecular weight excluding hydrogens is 214 g/mol. The number of nitrogens with zero attached hydrogens (tertiary/aromatic N) is 1. The van der Waals surface area contributed by atoms with Gasteiger partial charge in [0, 0.05) is 12.2 Å². The van der Waals surface area contributed by atoms with E-state index in [1.807, 2.05) is 0 Å². The summed E-state index contributed by atoms with van der Waals surface area (Å²) in [4.78, 5) is 15.5. The van der Waals surface area contributed by atoms with Crippen LogP contribution >= 0.6 is 0 Å². The number of aromatic nitrogens is 1. The number of nitrogens with one attached hydrogen (secondary N) is 1. The molecule has 2 rings (SSSR count). The first-order valence-electron chi connectivity index (χ1n) is 6.18. The molecule has 0 radical (unpaired) electrons. The number of hydrogen-bond acceptors (Lipinski definition) is 3. The van der Waals surface area contributed by atoms with Crippen LogP contribution in [0.15, 0.2) is 18.3 Å². The van der Waals surface area contributed by atoms with E-state index >= 15 is 0 Å². The van der Waals surface area contributed by atoms with Crippen LogP contribution < -0.4 is 11.1 Å². The number of primary amides is 1. The number of carbonyl (C=O) groups excluding carboxylic acids is 1. The highest BCUT2D eigenvalue weighted by Crippen LogP contribution is 2.26. The molecule has 1 heterocycles. The van der Waals surface area contributed by atoms with Gasteiger partial charge in [0.2, 0.25) is 0 Å². The number of nitrogens with two attached hydrogens (primary N) is 1. The number of carbonyl (C=O) groups is 1. The lowest BCUT2D eigenvalue weighted by atomic mass is 9.87. The Morgan fingerprint density at radius 1 is 1.41 bits per heavy atom. The van der Waals surface area contributed by atoms with Crippen LogP contribution in [0.4, 0.5) is 5.82 Å². The molecule has 0 bridgehead atoms. The molecule has 17 heavy (non-hydrogen) atoms. The maximum Gasteiger partial charge on any atom is 0.252 e. The first kappa shape index (κ1) is 11.9. The van der Waals surface area contributed by atoms with Gasteiger partial charge in [-0.15, -0.1) is 0 Å². The van der Waals surface area contributed by atoms with Crippen LogP contribution in [0.2, 0.25) is 0 Å². The van der Waals surface area contributed by atoms with E-state index in [2.05, 4.69) is 17.2 Å². The Kier molecular flexibility index (Phi) is 3.61. The minimum Gasteiger partial charge on any atom is -0.367 e. The van der Waals surface area contributed by atoms with Crippen molar-refractivity contribution in [2.45, 2.75) is 38.6 Å². The number of amides is 1. The molecule has 1 saturated carbocycles. The molecule has 1 fully saturated rings. The smallest absolute Gasteiger partial charge is 0.252 e. The van der Waals surface area contributed by atoms with Gasteiger partial charge >= 0.3 is 0 Å². The van der Waals surface area contributed by atoms with E-state index in [1.165, 1.54) is 12.8 Å². The summed E-state index contributed by atoms with van der Waals surface area (Å²) in [6, 6.07) is 3.86. The largest absolute Gasteiger partial charge is 0.367 e. The third kappa shape index (κ3) is 2.96. The Bertz CT molecular complexity index is 397. The third-order valence-corrected chi connectivity index (χ3v) is 3.43. The molecule has 3 N–H and O–H groups in total. The summed E-state index contributed by atoms with van der Waals surface area (Å²) < 4.78 is 0. The van der Waals surface area contributed by atoms with Gasteiger partial charge in [0.1, 0.15) is 5.82 Å². The van der Waals surface area contributed by atoms with Gasteiger partial charge in [0.15, 0.2) is 0 Å². The van der Waals surface area contributed by atoms with Gasteiger partial charge in [0.05, 0.1) is 5.56 Å². The fraction of sp³-hybridized carbons (Fsp3) is 0.538. The SMILES string of the molecule is CC1CCC(Nc2ncccc2C(N)=O)CC1. The summed E-state index contributed by atoms with van der Waals surface area (Å²) >= 11 is 0. The van der Waals surface area contributed by atoms with Crippen molar-refractivity contribution in [3.8, 4) is 0 Å². The second-order valence-corrected chi connectivity index (χ2v) is 4.86. The zero-order valence-corrected chi connectivity index (χ0v) is 10.1. The maximum absolute atomic E-state index is 11.3. The van der Waals surface area contributed by atoms with Gasteiger partial charge in [-0.3, -0.25) is 4.79 Å². The molecule has 1 aliphatic carbocycles. The van der Waals surface area contributed by atoms with Crippen molar-refractivity contribution in [3.05, 3.63) is 23.9 Å². The summed E-state index contributed by atoms with van der Waals surface area (Å²) in [6.07, 6.45) is 6.42. The number of hydrogen-bond donors (Lipinski definition) is 2. The summed E-state index contributed by atoms with van der Waals surface area (Å²) in [5.74, 6) is 1.01. The molecule has 1 aromatic heterocycles. The van der Waals surface area contributed by atoms with Crippen molar-refractivity contribution in [2.75, 3.05) is 5.32 Å². The molecule has 0 unspecified atom stereocenters. The standard InChI is InChI=1S/C13H19N3O/c1-9-4-6-10(7-5-9)16-13-11(12(14)17)3-2-8-15-13/h2-3,8-10H,4-7H2,1H3,(H2,14,17)(H,15,16). The topological polar surface area (TPSA) is 68.0 Å². The molecule has 4 nitrogen and oxygen atoms in total. The van der Waals surface area contributed by atoms with Crippen molar-refractivity contribution in [1.82, 2.24) is 4.98 Å². The van der Waals surface area contributed by atoms with Gasteiger partial charge in [-0.1, -0.05) is 6.92 Å². The van der Waals surface area contributed by atoms with E-state index in [0.717, 1.165) is 18.8 Å². The Labute approximate surface area is 102 Å². The maximum atomic E-state index is 11.3. The third-order valence-electron chi connectivity index (χ3n) is 3.43. The summed E-state index contributed by atoms with van der Waals surface area (Å²) in [6.45, 7) is 2.28. The van der Waals surface area contributed by atoms with Crippen LogP contribution in [-0.4, -0.2) is 16.9 Å². The Balaban J connectivity index is 2.05. The molecule has 1 amide bonds. The van der Waals surface area contributed by atoms with E-state index in [4.69, 9.17) is 5.73 Å². The molecule has 0 atom stereocenters. The van der Waals surface area contributed by atoms with Gasteiger partial charge in [0.25, 0.3) is 5.91 Å². The van der Waals surface area contributed by atoms with E-state index in [0.29, 0.717) is 17.4 Å². The van der Waals surface area contributed by atoms with Crippen molar-refractivity contribution in [3.63, 3.8) is 0 Å². The quantitative estimate of drug-likeness (QED) is 0.840. The van der Waals surface area contributed by atoms with Crippen molar-refractivity contribution < 1.29 is 4.79 Å². The summed E-state index contributed by atoms with van der Waals surface area (Å²) in [5.41, 5.74) is 5.80. The summed E-state index contributed by atoms with van der Waals surface area (Å²) in [5, 5.41) is 3.34. The minimum absolute atomic E-state index is 0.416. The first-order chi connectivity index (χ1) is 8.16. The van der Waals surface area contributed by atoms with Crippen LogP contribution in [0.25, 0.3) is 0 Å². The lowest BCUT2D eigenvalue weighted by Gasteiger charge is -2.27. The molecule has 1 aromatic rings. The fourth-order valence-corrected chi connectivity index (χ4v) is 2.32. The first-order valence-corrected chi connectivity index (χ1v) is 6.18. The fourth-order valence-electron chi connectivity index (χ4n) is 2.32. The average Bonchev–Trinajstić information content (AvgIpc) is 2.32. The van der Waals surface area contributed by atoms with Crippen molar-refractivity contribution >= 4 is 11.7 Å². The highest BCUT2D eigenvalue weighted by molar-refractivity contribution is 5.97.